The summed E-state index contributed by atoms with van der Waals surface area (Å²) in [5.41, 5.74) is 2.16. The van der Waals surface area contributed by atoms with Crippen molar-refractivity contribution < 1.29 is 9.90 Å². The Morgan fingerprint density at radius 3 is 2.50 bits per heavy atom. The molecule has 2 aromatic rings. The summed E-state index contributed by atoms with van der Waals surface area (Å²) in [5.74, 6) is -1.22. The van der Waals surface area contributed by atoms with Crippen molar-refractivity contribution in [2.75, 3.05) is 5.32 Å². The average molecular weight is 261 g/mol. The van der Waals surface area contributed by atoms with Crippen molar-refractivity contribution in [3.63, 3.8) is 0 Å². The van der Waals surface area contributed by atoms with Gasteiger partial charge in [-0.3, -0.25) is 0 Å². The number of nitrogens with one attached hydrogen (secondary N) is 1. The first-order valence-corrected chi connectivity index (χ1v) is 5.80. The van der Waals surface area contributed by atoms with Crippen molar-refractivity contribution in [3.8, 4) is 0 Å². The van der Waals surface area contributed by atoms with Crippen LogP contribution in [-0.2, 0) is 0 Å². The molecule has 18 heavy (non-hydrogen) atoms. The van der Waals surface area contributed by atoms with E-state index in [-0.39, 0.29) is 5.56 Å². The lowest BCUT2D eigenvalue weighted by Gasteiger charge is -2.14. The smallest absolute Gasteiger partial charge is 0.0736 e. The second-order valence-corrected chi connectivity index (χ2v) is 4.27. The van der Waals surface area contributed by atoms with Gasteiger partial charge in [-0.15, -0.1) is 0 Å². The molecule has 0 heterocycles. The number of hydrogen-bond donors (Lipinski definition) is 1. The molecule has 0 aliphatic rings. The Labute approximate surface area is 110 Å². The van der Waals surface area contributed by atoms with Crippen LogP contribution < -0.4 is 10.4 Å². The summed E-state index contributed by atoms with van der Waals surface area (Å²) in [6.45, 7) is 1.89. The largest absolute Gasteiger partial charge is 0.545 e. The number of anilines is 2. The van der Waals surface area contributed by atoms with E-state index in [0.29, 0.717) is 16.4 Å². The van der Waals surface area contributed by atoms with Gasteiger partial charge in [-0.2, -0.15) is 0 Å². The molecule has 0 saturated heterocycles. The molecule has 0 saturated carbocycles. The van der Waals surface area contributed by atoms with Crippen LogP contribution in [0, 0.1) is 6.92 Å². The third-order valence-electron chi connectivity index (χ3n) is 2.61. The minimum atomic E-state index is -1.22. The van der Waals surface area contributed by atoms with Gasteiger partial charge in [0.25, 0.3) is 0 Å². The van der Waals surface area contributed by atoms with Crippen molar-refractivity contribution in [3.05, 3.63) is 58.6 Å². The number of carboxylic acid groups (broad SMARTS) is 1. The molecule has 2 aromatic carbocycles. The van der Waals surface area contributed by atoms with Gasteiger partial charge in [0.2, 0.25) is 0 Å². The molecule has 0 aliphatic heterocycles. The lowest BCUT2D eigenvalue weighted by atomic mass is 10.1. The standard InChI is InChI=1S/C14H12ClNO2/c1-9-5-4-8-12(13(9)15)16-11-7-3-2-6-10(11)14(17)18/h2-8,16H,1H3,(H,17,18)/p-1. The number of carbonyl (C=O) groups is 1. The van der Waals surface area contributed by atoms with Gasteiger partial charge in [-0.05, 0) is 24.6 Å². The zero-order valence-electron chi connectivity index (χ0n) is 9.74. The Kier molecular flexibility index (Phi) is 3.53. The van der Waals surface area contributed by atoms with Gasteiger partial charge in [0.15, 0.2) is 0 Å². The van der Waals surface area contributed by atoms with E-state index in [0.717, 1.165) is 5.56 Å². The van der Waals surface area contributed by atoms with E-state index in [1.165, 1.54) is 6.07 Å². The van der Waals surface area contributed by atoms with Crippen molar-refractivity contribution >= 4 is 28.9 Å². The number of aryl methyl sites for hydroxylation is 1. The number of carboxylic acids is 1. The maximum Gasteiger partial charge on any atom is 0.0736 e. The van der Waals surface area contributed by atoms with Gasteiger partial charge in [-0.1, -0.05) is 41.9 Å². The molecular formula is C14H11ClNO2-. The normalized spacial score (nSPS) is 10.1. The predicted octanol–water partition coefficient (Wildman–Crippen LogP) is 2.76. The number of carbonyl (C=O) groups excluding carboxylic acids is 1. The molecule has 0 aromatic heterocycles. The van der Waals surface area contributed by atoms with Gasteiger partial charge in [0.05, 0.1) is 16.7 Å². The van der Waals surface area contributed by atoms with Crippen molar-refractivity contribution in [1.29, 1.82) is 0 Å². The van der Waals surface area contributed by atoms with Crippen LogP contribution in [0.15, 0.2) is 42.5 Å². The van der Waals surface area contributed by atoms with Gasteiger partial charge in [0, 0.05) is 11.3 Å². The van der Waals surface area contributed by atoms with Crippen LogP contribution in [0.5, 0.6) is 0 Å². The van der Waals surface area contributed by atoms with Crippen LogP contribution in [-0.4, -0.2) is 5.97 Å². The Balaban J connectivity index is 2.40. The summed E-state index contributed by atoms with van der Waals surface area (Å²) in [5, 5.41) is 14.6. The Hall–Kier alpha value is -2.00. The quantitative estimate of drug-likeness (QED) is 0.923. The summed E-state index contributed by atoms with van der Waals surface area (Å²) in [6, 6.07) is 12.1. The minimum Gasteiger partial charge on any atom is -0.545 e. The van der Waals surface area contributed by atoms with Crippen LogP contribution in [0.3, 0.4) is 0 Å². The molecule has 2 rings (SSSR count). The van der Waals surface area contributed by atoms with E-state index in [9.17, 15) is 9.90 Å². The lowest BCUT2D eigenvalue weighted by Crippen LogP contribution is -2.23. The van der Waals surface area contributed by atoms with Gasteiger partial charge < -0.3 is 15.2 Å². The lowest BCUT2D eigenvalue weighted by molar-refractivity contribution is -0.254. The second-order valence-electron chi connectivity index (χ2n) is 3.89. The highest BCUT2D eigenvalue weighted by Gasteiger charge is 2.06. The van der Waals surface area contributed by atoms with Crippen LogP contribution in [0.4, 0.5) is 11.4 Å². The summed E-state index contributed by atoms with van der Waals surface area (Å²) in [4.78, 5) is 11.0. The molecule has 4 heteroatoms. The molecule has 0 spiro atoms. The van der Waals surface area contributed by atoms with Gasteiger partial charge in [0.1, 0.15) is 0 Å². The molecule has 1 N–H and O–H groups in total. The minimum absolute atomic E-state index is 0.107. The molecule has 0 radical (unpaired) electrons. The fourth-order valence-corrected chi connectivity index (χ4v) is 1.83. The van der Waals surface area contributed by atoms with E-state index in [4.69, 9.17) is 11.6 Å². The number of hydrogen-bond acceptors (Lipinski definition) is 3. The van der Waals surface area contributed by atoms with E-state index in [1.54, 1.807) is 24.3 Å². The average Bonchev–Trinajstić information content (AvgIpc) is 2.35. The Morgan fingerprint density at radius 2 is 1.78 bits per heavy atom. The number of para-hydroxylation sites is 1. The molecule has 0 unspecified atom stereocenters. The Morgan fingerprint density at radius 1 is 1.11 bits per heavy atom. The van der Waals surface area contributed by atoms with E-state index in [1.807, 2.05) is 19.1 Å². The first kappa shape index (κ1) is 12.5. The fraction of sp³-hybridized carbons (Fsp3) is 0.0714. The molecule has 0 atom stereocenters. The number of benzene rings is 2. The van der Waals surface area contributed by atoms with Gasteiger partial charge in [-0.25, -0.2) is 0 Å². The zero-order valence-corrected chi connectivity index (χ0v) is 10.5. The molecular weight excluding hydrogens is 250 g/mol. The van der Waals surface area contributed by atoms with Crippen LogP contribution >= 0.6 is 11.6 Å². The number of rotatable bonds is 3. The summed E-state index contributed by atoms with van der Waals surface area (Å²) in [6.07, 6.45) is 0. The summed E-state index contributed by atoms with van der Waals surface area (Å²) in [7, 11) is 0. The van der Waals surface area contributed by atoms with Gasteiger partial charge >= 0.3 is 0 Å². The maximum absolute atomic E-state index is 11.0. The summed E-state index contributed by atoms with van der Waals surface area (Å²) < 4.78 is 0. The van der Waals surface area contributed by atoms with Crippen LogP contribution in [0.1, 0.15) is 15.9 Å². The topological polar surface area (TPSA) is 52.2 Å². The highest BCUT2D eigenvalue weighted by molar-refractivity contribution is 6.34. The van der Waals surface area contributed by atoms with Crippen molar-refractivity contribution in [1.82, 2.24) is 0 Å². The van der Waals surface area contributed by atoms with Crippen molar-refractivity contribution in [2.45, 2.75) is 6.92 Å². The maximum atomic E-state index is 11.0. The van der Waals surface area contributed by atoms with Crippen LogP contribution in [0.2, 0.25) is 5.02 Å². The van der Waals surface area contributed by atoms with E-state index >= 15 is 0 Å². The molecule has 0 bridgehead atoms. The second kappa shape index (κ2) is 5.10. The molecule has 3 nitrogen and oxygen atoms in total. The number of halogens is 1. The summed E-state index contributed by atoms with van der Waals surface area (Å²) >= 11 is 6.15. The van der Waals surface area contributed by atoms with E-state index < -0.39 is 5.97 Å². The highest BCUT2D eigenvalue weighted by atomic mass is 35.5. The zero-order chi connectivity index (χ0) is 13.1. The number of aromatic carboxylic acids is 1. The van der Waals surface area contributed by atoms with E-state index in [2.05, 4.69) is 5.32 Å². The first-order valence-electron chi connectivity index (χ1n) is 5.42. The highest BCUT2D eigenvalue weighted by Crippen LogP contribution is 2.29. The predicted molar refractivity (Wildman–Crippen MR) is 70.2 cm³/mol. The monoisotopic (exact) mass is 260 g/mol. The third kappa shape index (κ3) is 2.46. The SMILES string of the molecule is Cc1cccc(Nc2ccccc2C(=O)[O-])c1Cl. The Bertz CT molecular complexity index is 596. The van der Waals surface area contributed by atoms with Crippen molar-refractivity contribution in [2.24, 2.45) is 0 Å². The first-order chi connectivity index (χ1) is 8.59. The third-order valence-corrected chi connectivity index (χ3v) is 3.11. The molecule has 92 valence electrons. The molecule has 0 amide bonds. The van der Waals surface area contributed by atoms with Crippen LogP contribution in [0.25, 0.3) is 0 Å². The molecule has 0 fully saturated rings. The fourth-order valence-electron chi connectivity index (χ4n) is 1.66. The molecule has 0 aliphatic carbocycles.